The van der Waals surface area contributed by atoms with Crippen molar-refractivity contribution in [3.8, 4) is 0 Å². The number of rotatable bonds is 11. The second kappa shape index (κ2) is 11.6. The van der Waals surface area contributed by atoms with Crippen LogP contribution in [0.15, 0.2) is 65.7 Å². The number of nitrogens with two attached hydrogens (primary N) is 1. The molecule has 0 unspecified atom stereocenters. The first kappa shape index (κ1) is 28.9. The number of fused-ring (bicyclic) bond motifs is 1. The van der Waals surface area contributed by atoms with Crippen molar-refractivity contribution < 1.29 is 23.5 Å². The zero-order chi connectivity index (χ0) is 28.3. The molecule has 1 amide bonds. The molecule has 2 atom stereocenters. The van der Waals surface area contributed by atoms with E-state index in [0.29, 0.717) is 25.8 Å². The van der Waals surface area contributed by atoms with Gasteiger partial charge in [-0.05, 0) is 43.4 Å². The Morgan fingerprint density at radius 2 is 1.85 bits per heavy atom. The lowest BCUT2D eigenvalue weighted by Crippen LogP contribution is -2.74. The Balaban J connectivity index is 1.68. The SMILES string of the molecule is CSC1=CC(=O)[C@]2(Cc3ccc(F)cc3)CN([C@](C=O)(COCc3ccccc3)NC(=O)C(C)(C)N)CCN12. The molecule has 10 heteroatoms. The number of piperazine rings is 1. The van der Waals surface area contributed by atoms with Crippen LogP contribution in [0.4, 0.5) is 4.39 Å². The van der Waals surface area contributed by atoms with Crippen molar-refractivity contribution in [3.63, 3.8) is 0 Å². The Labute approximate surface area is 232 Å². The number of aldehydes is 1. The highest BCUT2D eigenvalue weighted by Crippen LogP contribution is 2.41. The van der Waals surface area contributed by atoms with Crippen LogP contribution in [0.25, 0.3) is 0 Å². The zero-order valence-electron chi connectivity index (χ0n) is 22.5. The lowest BCUT2D eigenvalue weighted by molar-refractivity contribution is -0.148. The van der Waals surface area contributed by atoms with Gasteiger partial charge in [-0.1, -0.05) is 42.5 Å². The fourth-order valence-corrected chi connectivity index (χ4v) is 5.77. The predicted octanol–water partition coefficient (Wildman–Crippen LogP) is 2.48. The van der Waals surface area contributed by atoms with Crippen molar-refractivity contribution in [2.75, 3.05) is 32.5 Å². The van der Waals surface area contributed by atoms with E-state index in [0.717, 1.165) is 16.2 Å². The largest absolute Gasteiger partial charge is 0.372 e. The Bertz CT molecular complexity index is 1230. The molecule has 0 aromatic heterocycles. The van der Waals surface area contributed by atoms with Gasteiger partial charge in [0.15, 0.2) is 17.7 Å². The van der Waals surface area contributed by atoms with Gasteiger partial charge >= 0.3 is 0 Å². The molecule has 2 heterocycles. The summed E-state index contributed by atoms with van der Waals surface area (Å²) in [6.07, 6.45) is 4.52. The van der Waals surface area contributed by atoms with Crippen LogP contribution in [0.5, 0.6) is 0 Å². The van der Waals surface area contributed by atoms with Gasteiger partial charge in [0.2, 0.25) is 5.91 Å². The fraction of sp³-hybridized carbons (Fsp3) is 0.414. The molecule has 4 rings (SSSR count). The number of nitrogens with zero attached hydrogens (tertiary/aromatic N) is 2. The van der Waals surface area contributed by atoms with E-state index in [-0.39, 0.29) is 31.4 Å². The summed E-state index contributed by atoms with van der Waals surface area (Å²) in [5.74, 6) is -0.980. The maximum absolute atomic E-state index is 13.7. The van der Waals surface area contributed by atoms with E-state index in [1.807, 2.05) is 41.5 Å². The van der Waals surface area contributed by atoms with Crippen LogP contribution in [-0.2, 0) is 32.1 Å². The van der Waals surface area contributed by atoms with E-state index in [2.05, 4.69) is 10.2 Å². The first-order valence-corrected chi connectivity index (χ1v) is 14.0. The minimum Gasteiger partial charge on any atom is -0.372 e. The summed E-state index contributed by atoms with van der Waals surface area (Å²) in [4.78, 5) is 43.5. The molecule has 208 valence electrons. The number of amides is 1. The van der Waals surface area contributed by atoms with Crippen molar-refractivity contribution in [3.05, 3.63) is 82.6 Å². The minimum absolute atomic E-state index is 0.101. The molecule has 0 aliphatic carbocycles. The first-order valence-electron chi connectivity index (χ1n) is 12.8. The number of nitrogens with one attached hydrogen (secondary N) is 1. The molecule has 1 fully saturated rings. The van der Waals surface area contributed by atoms with Crippen LogP contribution in [0.3, 0.4) is 0 Å². The standard InChI is InChI=1S/C29H35FN4O4S/c1-27(2,31)26(37)32-29(19-35,20-38-17-22-7-5-4-6-8-22)33-13-14-34-25(39-3)15-24(36)28(34,18-33)16-21-9-11-23(30)12-10-21/h4-12,15,19H,13-14,16-18,20,31H2,1-3H3,(H,32,37)/t28-,29+/m0/s1. The van der Waals surface area contributed by atoms with Crippen LogP contribution >= 0.6 is 11.8 Å². The molecule has 2 aromatic rings. The lowest BCUT2D eigenvalue weighted by Gasteiger charge is -2.52. The van der Waals surface area contributed by atoms with Gasteiger partial charge < -0.3 is 20.7 Å². The van der Waals surface area contributed by atoms with Crippen molar-refractivity contribution in [1.82, 2.24) is 15.1 Å². The third-order valence-corrected chi connectivity index (χ3v) is 8.03. The van der Waals surface area contributed by atoms with E-state index < -0.39 is 22.6 Å². The van der Waals surface area contributed by atoms with Crippen LogP contribution < -0.4 is 11.1 Å². The van der Waals surface area contributed by atoms with Crippen LogP contribution in [0.1, 0.15) is 25.0 Å². The molecular weight excluding hydrogens is 519 g/mol. The maximum Gasteiger partial charge on any atom is 0.241 e. The molecule has 2 aliphatic rings. The van der Waals surface area contributed by atoms with Gasteiger partial charge in [-0.2, -0.15) is 0 Å². The minimum atomic E-state index is -1.56. The summed E-state index contributed by atoms with van der Waals surface area (Å²) in [6, 6.07) is 15.6. The average Bonchev–Trinajstić information content (AvgIpc) is 3.19. The van der Waals surface area contributed by atoms with E-state index in [4.69, 9.17) is 10.5 Å². The topological polar surface area (TPSA) is 105 Å². The monoisotopic (exact) mass is 554 g/mol. The first-order chi connectivity index (χ1) is 18.5. The number of ketones is 1. The van der Waals surface area contributed by atoms with Crippen LogP contribution in [0, 0.1) is 5.82 Å². The molecule has 2 aliphatic heterocycles. The molecule has 3 N–H and O–H groups in total. The maximum atomic E-state index is 13.7. The quantitative estimate of drug-likeness (QED) is 0.409. The second-order valence-electron chi connectivity index (χ2n) is 10.7. The summed E-state index contributed by atoms with van der Waals surface area (Å²) < 4.78 is 19.6. The van der Waals surface area contributed by atoms with Gasteiger partial charge in [0.25, 0.3) is 0 Å². The lowest BCUT2D eigenvalue weighted by atomic mass is 9.83. The number of carbonyl (C=O) groups is 3. The van der Waals surface area contributed by atoms with E-state index in [1.54, 1.807) is 32.1 Å². The van der Waals surface area contributed by atoms with E-state index >= 15 is 0 Å². The molecule has 0 bridgehead atoms. The normalized spacial score (nSPS) is 21.2. The fourth-order valence-electron chi connectivity index (χ4n) is 5.06. The third-order valence-electron chi connectivity index (χ3n) is 7.27. The summed E-state index contributed by atoms with van der Waals surface area (Å²) >= 11 is 1.48. The second-order valence-corrected chi connectivity index (χ2v) is 11.5. The van der Waals surface area contributed by atoms with E-state index in [9.17, 15) is 18.8 Å². The van der Waals surface area contributed by atoms with Crippen LogP contribution in [0.2, 0.25) is 0 Å². The number of benzene rings is 2. The highest BCUT2D eigenvalue weighted by Gasteiger charge is 2.55. The van der Waals surface area contributed by atoms with Gasteiger partial charge in [0, 0.05) is 32.1 Å². The molecule has 0 radical (unpaired) electrons. The smallest absolute Gasteiger partial charge is 0.241 e. The molecule has 0 saturated carbocycles. The predicted molar refractivity (Wildman–Crippen MR) is 149 cm³/mol. The number of carbonyl (C=O) groups excluding carboxylic acids is 3. The number of hydrogen-bond donors (Lipinski definition) is 2. The Hall–Kier alpha value is -3.05. The molecule has 2 aromatic carbocycles. The Morgan fingerprint density at radius 1 is 1.15 bits per heavy atom. The summed E-state index contributed by atoms with van der Waals surface area (Å²) in [6.45, 7) is 4.18. The van der Waals surface area contributed by atoms with Crippen molar-refractivity contribution in [1.29, 1.82) is 0 Å². The number of halogens is 1. The third kappa shape index (κ3) is 6.09. The van der Waals surface area contributed by atoms with Gasteiger partial charge in [-0.3, -0.25) is 19.3 Å². The van der Waals surface area contributed by atoms with Gasteiger partial charge in [-0.25, -0.2) is 4.39 Å². The molecule has 1 saturated heterocycles. The van der Waals surface area contributed by atoms with Gasteiger partial charge in [0.1, 0.15) is 11.4 Å². The highest BCUT2D eigenvalue weighted by atomic mass is 32.2. The molecule has 0 spiro atoms. The Morgan fingerprint density at radius 3 is 2.46 bits per heavy atom. The zero-order valence-corrected chi connectivity index (χ0v) is 23.3. The summed E-state index contributed by atoms with van der Waals surface area (Å²) in [5.41, 5.74) is 3.94. The van der Waals surface area contributed by atoms with Crippen molar-refractivity contribution in [2.24, 2.45) is 5.73 Å². The summed E-state index contributed by atoms with van der Waals surface area (Å²) in [7, 11) is 0. The number of ether oxygens (including phenoxy) is 1. The van der Waals surface area contributed by atoms with Crippen LogP contribution in [-0.4, -0.2) is 77.0 Å². The molecule has 39 heavy (non-hydrogen) atoms. The number of thioether (sulfide) groups is 1. The molecular formula is C29H35FN4O4S. The van der Waals surface area contributed by atoms with Gasteiger partial charge in [0.05, 0.1) is 23.8 Å². The van der Waals surface area contributed by atoms with Crippen molar-refractivity contribution in [2.45, 2.75) is 43.6 Å². The summed E-state index contributed by atoms with van der Waals surface area (Å²) in [5, 5.41) is 3.69. The van der Waals surface area contributed by atoms with Gasteiger partial charge in [-0.15, -0.1) is 11.8 Å². The molecule has 8 nitrogen and oxygen atoms in total. The van der Waals surface area contributed by atoms with Crippen molar-refractivity contribution >= 4 is 29.7 Å². The highest BCUT2D eigenvalue weighted by molar-refractivity contribution is 8.02. The average molecular weight is 555 g/mol. The Kier molecular flexibility index (Phi) is 8.60. The van der Waals surface area contributed by atoms with E-state index in [1.165, 1.54) is 23.9 Å². The number of hydrogen-bond acceptors (Lipinski definition) is 8.